The SMILES string of the molecule is CCC(Br)C(=O)N=S1(=O)CCCC1. The first-order valence-corrected chi connectivity index (χ1v) is 7.25. The van der Waals surface area contributed by atoms with Gasteiger partial charge in [-0.3, -0.25) is 4.79 Å². The van der Waals surface area contributed by atoms with Crippen molar-refractivity contribution in [3.8, 4) is 0 Å². The smallest absolute Gasteiger partial charge is 0.267 e. The number of rotatable bonds is 2. The molecule has 1 rings (SSSR count). The molecule has 1 fully saturated rings. The van der Waals surface area contributed by atoms with Crippen LogP contribution >= 0.6 is 15.9 Å². The molecule has 0 radical (unpaired) electrons. The summed E-state index contributed by atoms with van der Waals surface area (Å²) in [5, 5.41) is 0. The van der Waals surface area contributed by atoms with Gasteiger partial charge in [0.05, 0.1) is 14.6 Å². The lowest BCUT2D eigenvalue weighted by atomic mass is 10.3. The van der Waals surface area contributed by atoms with E-state index < -0.39 is 9.73 Å². The second-order valence-corrected chi connectivity index (χ2v) is 6.84. The highest BCUT2D eigenvalue weighted by Crippen LogP contribution is 2.15. The van der Waals surface area contributed by atoms with Crippen LogP contribution in [-0.2, 0) is 14.5 Å². The average molecular weight is 268 g/mol. The second-order valence-electron chi connectivity index (χ2n) is 3.19. The molecule has 76 valence electrons. The van der Waals surface area contributed by atoms with Crippen molar-refractivity contribution in [2.75, 3.05) is 11.5 Å². The van der Waals surface area contributed by atoms with Crippen molar-refractivity contribution >= 4 is 31.6 Å². The first-order chi connectivity index (χ1) is 6.07. The number of alkyl halides is 1. The molecule has 1 saturated heterocycles. The number of amides is 1. The minimum absolute atomic E-state index is 0.255. The Labute approximate surface area is 87.6 Å². The summed E-state index contributed by atoms with van der Waals surface area (Å²) in [6.07, 6.45) is 2.57. The zero-order chi connectivity index (χ0) is 9.90. The van der Waals surface area contributed by atoms with E-state index in [4.69, 9.17) is 0 Å². The topological polar surface area (TPSA) is 46.5 Å². The van der Waals surface area contributed by atoms with Crippen LogP contribution in [-0.4, -0.2) is 26.4 Å². The van der Waals surface area contributed by atoms with E-state index in [0.29, 0.717) is 17.9 Å². The Morgan fingerprint density at radius 3 is 2.54 bits per heavy atom. The molecule has 0 aromatic rings. The number of carbonyl (C=O) groups excluding carboxylic acids is 1. The summed E-state index contributed by atoms with van der Waals surface area (Å²) in [7, 11) is -2.16. The number of nitrogens with zero attached hydrogens (tertiary/aromatic N) is 1. The lowest BCUT2D eigenvalue weighted by Crippen LogP contribution is -2.14. The quantitative estimate of drug-likeness (QED) is 0.718. The fraction of sp³-hybridized carbons (Fsp3) is 0.875. The molecule has 0 saturated carbocycles. The van der Waals surface area contributed by atoms with Gasteiger partial charge >= 0.3 is 0 Å². The van der Waals surface area contributed by atoms with Gasteiger partial charge in [-0.05, 0) is 19.3 Å². The molecule has 1 aliphatic heterocycles. The third-order valence-electron chi connectivity index (χ3n) is 2.06. The van der Waals surface area contributed by atoms with Gasteiger partial charge in [0, 0.05) is 11.5 Å². The second kappa shape index (κ2) is 4.55. The van der Waals surface area contributed by atoms with Crippen LogP contribution < -0.4 is 0 Å². The maximum absolute atomic E-state index is 11.8. The molecular weight excluding hydrogens is 254 g/mol. The van der Waals surface area contributed by atoms with Crippen molar-refractivity contribution in [3.05, 3.63) is 0 Å². The van der Waals surface area contributed by atoms with Crippen molar-refractivity contribution in [2.45, 2.75) is 31.0 Å². The van der Waals surface area contributed by atoms with Crippen molar-refractivity contribution in [1.82, 2.24) is 0 Å². The highest BCUT2D eigenvalue weighted by molar-refractivity contribution is 9.10. The average Bonchev–Trinajstić information content (AvgIpc) is 2.50. The van der Waals surface area contributed by atoms with Crippen LogP contribution in [0.5, 0.6) is 0 Å². The lowest BCUT2D eigenvalue weighted by Gasteiger charge is -2.02. The van der Waals surface area contributed by atoms with Crippen LogP contribution in [0.3, 0.4) is 0 Å². The fourth-order valence-electron chi connectivity index (χ4n) is 1.24. The van der Waals surface area contributed by atoms with Crippen molar-refractivity contribution in [3.63, 3.8) is 0 Å². The molecular formula is C8H14BrNO2S. The molecule has 5 heteroatoms. The van der Waals surface area contributed by atoms with Crippen LogP contribution in [0.25, 0.3) is 0 Å². The fourth-order valence-corrected chi connectivity index (χ4v) is 3.63. The molecule has 1 amide bonds. The molecule has 1 aliphatic rings. The van der Waals surface area contributed by atoms with Crippen LogP contribution in [0.15, 0.2) is 4.36 Å². The highest BCUT2D eigenvalue weighted by Gasteiger charge is 2.20. The van der Waals surface area contributed by atoms with Gasteiger partial charge in [-0.15, -0.1) is 0 Å². The summed E-state index contributed by atoms with van der Waals surface area (Å²) in [6.45, 7) is 1.90. The molecule has 3 nitrogen and oxygen atoms in total. The maximum atomic E-state index is 11.8. The monoisotopic (exact) mass is 267 g/mol. The van der Waals surface area contributed by atoms with E-state index in [1.54, 1.807) is 0 Å². The predicted molar refractivity (Wildman–Crippen MR) is 57.6 cm³/mol. The van der Waals surface area contributed by atoms with Crippen LogP contribution in [0.2, 0.25) is 0 Å². The summed E-state index contributed by atoms with van der Waals surface area (Å²) < 4.78 is 15.6. The Balaban J connectivity index is 2.75. The summed E-state index contributed by atoms with van der Waals surface area (Å²) in [5.41, 5.74) is 0. The molecule has 1 heterocycles. The van der Waals surface area contributed by atoms with E-state index in [2.05, 4.69) is 20.3 Å². The Morgan fingerprint density at radius 1 is 1.54 bits per heavy atom. The molecule has 13 heavy (non-hydrogen) atoms. The third kappa shape index (κ3) is 3.06. The minimum Gasteiger partial charge on any atom is -0.271 e. The Bertz CT molecular complexity index is 295. The Kier molecular flexibility index (Phi) is 3.91. The summed E-state index contributed by atoms with van der Waals surface area (Å²) in [5.74, 6) is 0.944. The van der Waals surface area contributed by atoms with Crippen molar-refractivity contribution in [1.29, 1.82) is 0 Å². The van der Waals surface area contributed by atoms with Crippen LogP contribution in [0.4, 0.5) is 0 Å². The Hall–Kier alpha value is 0.1000. The standard InChI is InChI=1S/C8H14BrNO2S/c1-2-7(9)8(11)10-13(12)5-3-4-6-13/h7H,2-6H2,1H3. The van der Waals surface area contributed by atoms with Gasteiger partial charge in [-0.25, -0.2) is 4.21 Å². The van der Waals surface area contributed by atoms with Gasteiger partial charge in [0.25, 0.3) is 5.91 Å². The molecule has 0 N–H and O–H groups in total. The van der Waals surface area contributed by atoms with E-state index >= 15 is 0 Å². The number of carbonyl (C=O) groups is 1. The normalized spacial score (nSPS) is 22.6. The molecule has 0 aromatic carbocycles. The summed E-state index contributed by atoms with van der Waals surface area (Å²) >= 11 is 3.20. The van der Waals surface area contributed by atoms with Gasteiger partial charge < -0.3 is 0 Å². The van der Waals surface area contributed by atoms with E-state index in [1.807, 2.05) is 6.92 Å². The van der Waals surface area contributed by atoms with Gasteiger partial charge in [0.1, 0.15) is 0 Å². The van der Waals surface area contributed by atoms with Gasteiger partial charge in [0.2, 0.25) is 0 Å². The Morgan fingerprint density at radius 2 is 2.08 bits per heavy atom. The van der Waals surface area contributed by atoms with Gasteiger partial charge in [-0.2, -0.15) is 4.36 Å². The number of halogens is 1. The van der Waals surface area contributed by atoms with Gasteiger partial charge in [-0.1, -0.05) is 22.9 Å². The van der Waals surface area contributed by atoms with Crippen LogP contribution in [0, 0.1) is 0 Å². The van der Waals surface area contributed by atoms with Crippen molar-refractivity contribution in [2.24, 2.45) is 4.36 Å². The first kappa shape index (κ1) is 11.2. The third-order valence-corrected chi connectivity index (χ3v) is 5.46. The lowest BCUT2D eigenvalue weighted by molar-refractivity contribution is -0.117. The maximum Gasteiger partial charge on any atom is 0.267 e. The number of hydrogen-bond acceptors (Lipinski definition) is 2. The van der Waals surface area contributed by atoms with Crippen molar-refractivity contribution < 1.29 is 9.00 Å². The van der Waals surface area contributed by atoms with E-state index in [-0.39, 0.29) is 10.7 Å². The zero-order valence-corrected chi connectivity index (χ0v) is 10.1. The van der Waals surface area contributed by atoms with Crippen LogP contribution in [0.1, 0.15) is 26.2 Å². The summed E-state index contributed by atoms with van der Waals surface area (Å²) in [6, 6.07) is 0. The minimum atomic E-state index is -2.16. The van der Waals surface area contributed by atoms with E-state index in [1.165, 1.54) is 0 Å². The number of hydrogen-bond donors (Lipinski definition) is 0. The predicted octanol–water partition coefficient (Wildman–Crippen LogP) is 1.95. The highest BCUT2D eigenvalue weighted by atomic mass is 79.9. The largest absolute Gasteiger partial charge is 0.271 e. The first-order valence-electron chi connectivity index (χ1n) is 4.48. The summed E-state index contributed by atoms with van der Waals surface area (Å²) in [4.78, 5) is 11.1. The van der Waals surface area contributed by atoms with Gasteiger partial charge in [0.15, 0.2) is 0 Å². The molecule has 0 aromatic heterocycles. The molecule has 1 atom stereocenters. The molecule has 0 aliphatic carbocycles. The molecule has 0 bridgehead atoms. The van der Waals surface area contributed by atoms with E-state index in [9.17, 15) is 9.00 Å². The molecule has 1 unspecified atom stereocenters. The van der Waals surface area contributed by atoms with E-state index in [0.717, 1.165) is 12.8 Å². The zero-order valence-electron chi connectivity index (χ0n) is 7.66. The molecule has 0 spiro atoms.